The molecule has 114 valence electrons. The molecular formula is C14H22BN3O3. The summed E-state index contributed by atoms with van der Waals surface area (Å²) in [6.45, 7) is 3.28. The Morgan fingerprint density at radius 2 is 2.05 bits per heavy atom. The Bertz CT molecular complexity index is 436. The largest absolute Gasteiger partial charge is 0.445 e. The van der Waals surface area contributed by atoms with Crippen molar-refractivity contribution in [1.82, 2.24) is 15.7 Å². The summed E-state index contributed by atoms with van der Waals surface area (Å²) < 4.78 is 5.31. The van der Waals surface area contributed by atoms with Crippen molar-refractivity contribution < 1.29 is 14.6 Å². The van der Waals surface area contributed by atoms with Crippen LogP contribution < -0.4 is 10.8 Å². The number of nitrogens with one attached hydrogen (secondary N) is 2. The Hall–Kier alpha value is -1.57. The number of hydrazine groups is 1. The second-order valence-corrected chi connectivity index (χ2v) is 5.27. The van der Waals surface area contributed by atoms with Gasteiger partial charge in [0.15, 0.2) is 0 Å². The van der Waals surface area contributed by atoms with Gasteiger partial charge in [0.1, 0.15) is 6.61 Å². The minimum Gasteiger partial charge on any atom is -0.445 e. The van der Waals surface area contributed by atoms with Crippen LogP contribution in [0.15, 0.2) is 30.3 Å². The fraction of sp³-hybridized carbons (Fsp3) is 0.500. The van der Waals surface area contributed by atoms with Crippen molar-refractivity contribution in [3.8, 4) is 0 Å². The van der Waals surface area contributed by atoms with E-state index >= 15 is 0 Å². The van der Waals surface area contributed by atoms with E-state index in [1.807, 2.05) is 30.3 Å². The van der Waals surface area contributed by atoms with Crippen LogP contribution in [0, 0.1) is 0 Å². The molecule has 1 amide bonds. The van der Waals surface area contributed by atoms with Gasteiger partial charge in [-0.25, -0.2) is 4.79 Å². The lowest BCUT2D eigenvalue weighted by atomic mass is 9.91. The van der Waals surface area contributed by atoms with Gasteiger partial charge in [-0.2, -0.15) is 0 Å². The summed E-state index contributed by atoms with van der Waals surface area (Å²) in [6, 6.07) is 9.92. The number of ether oxygens (including phenoxy) is 1. The average molecular weight is 291 g/mol. The molecule has 1 aromatic carbocycles. The predicted octanol–water partition coefficient (Wildman–Crippen LogP) is 0.992. The second-order valence-electron chi connectivity index (χ2n) is 5.27. The molecule has 2 rings (SSSR count). The van der Waals surface area contributed by atoms with Gasteiger partial charge in [0.05, 0.1) is 0 Å². The summed E-state index contributed by atoms with van der Waals surface area (Å²) >= 11 is 0. The van der Waals surface area contributed by atoms with Crippen molar-refractivity contribution in [2.75, 3.05) is 13.1 Å². The van der Waals surface area contributed by atoms with Gasteiger partial charge in [-0.05, 0) is 25.2 Å². The molecular weight excluding hydrogens is 269 g/mol. The topological polar surface area (TPSA) is 73.8 Å². The molecule has 0 aliphatic carbocycles. The van der Waals surface area contributed by atoms with Crippen LogP contribution in [0.3, 0.4) is 0 Å². The number of piperidine rings is 1. The maximum Gasteiger partial charge on any atom is 0.410 e. The zero-order chi connectivity index (χ0) is 15.1. The third kappa shape index (κ3) is 5.38. The van der Waals surface area contributed by atoms with E-state index in [4.69, 9.17) is 9.76 Å². The lowest BCUT2D eigenvalue weighted by molar-refractivity contribution is 0.0848. The first-order valence-corrected chi connectivity index (χ1v) is 7.30. The molecule has 1 fully saturated rings. The van der Waals surface area contributed by atoms with Crippen LogP contribution in [0.25, 0.3) is 0 Å². The lowest BCUT2D eigenvalue weighted by Crippen LogP contribution is -2.52. The number of hydrogen-bond acceptors (Lipinski definition) is 5. The van der Waals surface area contributed by atoms with Crippen LogP contribution >= 0.6 is 0 Å². The van der Waals surface area contributed by atoms with Crippen LogP contribution in [0.5, 0.6) is 0 Å². The molecule has 3 N–H and O–H groups in total. The van der Waals surface area contributed by atoms with Gasteiger partial charge in [0.25, 0.3) is 0 Å². The summed E-state index contributed by atoms with van der Waals surface area (Å²) in [5.74, 6) is 0. The third-order valence-corrected chi connectivity index (χ3v) is 3.45. The van der Waals surface area contributed by atoms with Crippen LogP contribution in [0.2, 0.25) is 6.82 Å². The number of hydrogen-bond donors (Lipinski definition) is 3. The standard InChI is InChI=1S/C14H22BN3O3/c1-15(20)17-16-13-7-9-18(10-8-13)14(19)21-11-12-5-3-2-4-6-12/h2-6,13,16-17,20H,7-11H2,1H3. The summed E-state index contributed by atoms with van der Waals surface area (Å²) in [7, 11) is -0.584. The molecule has 0 atom stereocenters. The molecule has 7 heteroatoms. The van der Waals surface area contributed by atoms with Crippen LogP contribution in [-0.2, 0) is 11.3 Å². The van der Waals surface area contributed by atoms with Gasteiger partial charge < -0.3 is 14.7 Å². The van der Waals surface area contributed by atoms with Crippen LogP contribution in [-0.4, -0.2) is 42.2 Å². The van der Waals surface area contributed by atoms with Gasteiger partial charge in [0, 0.05) is 19.1 Å². The second kappa shape index (κ2) is 8.02. The molecule has 0 saturated carbocycles. The summed E-state index contributed by atoms with van der Waals surface area (Å²) in [5.41, 5.74) is 4.05. The van der Waals surface area contributed by atoms with Crippen molar-refractivity contribution in [3.05, 3.63) is 35.9 Å². The zero-order valence-electron chi connectivity index (χ0n) is 12.3. The van der Waals surface area contributed by atoms with E-state index in [0.717, 1.165) is 18.4 Å². The molecule has 0 radical (unpaired) electrons. The van der Waals surface area contributed by atoms with E-state index < -0.39 is 7.05 Å². The van der Waals surface area contributed by atoms with Gasteiger partial charge in [-0.3, -0.25) is 10.8 Å². The number of nitrogens with zero attached hydrogens (tertiary/aromatic N) is 1. The molecule has 1 heterocycles. The van der Waals surface area contributed by atoms with E-state index in [1.165, 1.54) is 0 Å². The number of carbonyl (C=O) groups is 1. The van der Waals surface area contributed by atoms with Crippen molar-refractivity contribution in [2.24, 2.45) is 0 Å². The van der Waals surface area contributed by atoms with E-state index in [-0.39, 0.29) is 12.1 Å². The number of rotatable bonds is 5. The summed E-state index contributed by atoms with van der Waals surface area (Å²) in [6.07, 6.45) is 1.40. The molecule has 0 unspecified atom stereocenters. The Balaban J connectivity index is 1.68. The molecule has 1 aliphatic rings. The number of likely N-dealkylation sites (tertiary alicyclic amines) is 1. The predicted molar refractivity (Wildman–Crippen MR) is 81.3 cm³/mol. The van der Waals surface area contributed by atoms with Gasteiger partial charge in [-0.1, -0.05) is 30.3 Å². The third-order valence-electron chi connectivity index (χ3n) is 3.45. The van der Waals surface area contributed by atoms with Gasteiger partial charge >= 0.3 is 13.1 Å². The maximum atomic E-state index is 12.0. The molecule has 21 heavy (non-hydrogen) atoms. The first-order valence-electron chi connectivity index (χ1n) is 7.30. The summed E-state index contributed by atoms with van der Waals surface area (Å²) in [4.78, 5) is 13.7. The Morgan fingerprint density at radius 1 is 1.38 bits per heavy atom. The van der Waals surface area contributed by atoms with Crippen molar-refractivity contribution in [3.63, 3.8) is 0 Å². The average Bonchev–Trinajstić information content (AvgIpc) is 2.52. The Kier molecular flexibility index (Phi) is 6.04. The molecule has 0 spiro atoms. The van der Waals surface area contributed by atoms with Crippen molar-refractivity contribution >= 4 is 13.1 Å². The number of amides is 1. The van der Waals surface area contributed by atoms with E-state index in [1.54, 1.807) is 11.7 Å². The summed E-state index contributed by atoms with van der Waals surface area (Å²) in [5, 5.41) is 11.9. The smallest absolute Gasteiger partial charge is 0.410 e. The highest BCUT2D eigenvalue weighted by Crippen LogP contribution is 2.12. The highest BCUT2D eigenvalue weighted by Gasteiger charge is 2.23. The minimum absolute atomic E-state index is 0.262. The molecule has 6 nitrogen and oxygen atoms in total. The molecule has 0 bridgehead atoms. The molecule has 1 saturated heterocycles. The van der Waals surface area contributed by atoms with Crippen LogP contribution in [0.4, 0.5) is 4.79 Å². The Labute approximate surface area is 125 Å². The SMILES string of the molecule is CB(O)NNC1CCN(C(=O)OCc2ccccc2)CC1. The fourth-order valence-electron chi connectivity index (χ4n) is 2.26. The normalized spacial score (nSPS) is 15.8. The van der Waals surface area contributed by atoms with E-state index in [9.17, 15) is 4.79 Å². The molecule has 0 aromatic heterocycles. The maximum absolute atomic E-state index is 12.0. The first kappa shape index (κ1) is 15.8. The minimum atomic E-state index is -0.584. The first-order chi connectivity index (χ1) is 10.1. The quantitative estimate of drug-likeness (QED) is 0.557. The van der Waals surface area contributed by atoms with Crippen molar-refractivity contribution in [2.45, 2.75) is 32.3 Å². The lowest BCUT2D eigenvalue weighted by Gasteiger charge is -2.32. The fourth-order valence-corrected chi connectivity index (χ4v) is 2.26. The van der Waals surface area contributed by atoms with Gasteiger partial charge in [0.2, 0.25) is 0 Å². The number of benzene rings is 1. The molecule has 1 aliphatic heterocycles. The highest BCUT2D eigenvalue weighted by atomic mass is 16.6. The molecule has 1 aromatic rings. The van der Waals surface area contributed by atoms with Crippen LogP contribution in [0.1, 0.15) is 18.4 Å². The van der Waals surface area contributed by atoms with E-state index in [2.05, 4.69) is 10.8 Å². The van der Waals surface area contributed by atoms with Crippen molar-refractivity contribution in [1.29, 1.82) is 0 Å². The Morgan fingerprint density at radius 3 is 2.67 bits per heavy atom. The number of carbonyl (C=O) groups excluding carboxylic acids is 1. The van der Waals surface area contributed by atoms with Gasteiger partial charge in [-0.15, -0.1) is 0 Å². The highest BCUT2D eigenvalue weighted by molar-refractivity contribution is 6.45. The van der Waals surface area contributed by atoms with E-state index in [0.29, 0.717) is 19.7 Å². The zero-order valence-corrected chi connectivity index (χ0v) is 12.3. The monoisotopic (exact) mass is 291 g/mol.